The molecule has 0 bridgehead atoms. The quantitative estimate of drug-likeness (QED) is 0.363. The number of amides is 1. The second-order valence-corrected chi connectivity index (χ2v) is 14.7. The lowest BCUT2D eigenvalue weighted by atomic mass is 9.99. The molecule has 0 aliphatic carbocycles. The average Bonchev–Trinajstić information content (AvgIpc) is 2.95. The van der Waals surface area contributed by atoms with Crippen LogP contribution in [0.5, 0.6) is 5.75 Å². The molecule has 1 aliphatic rings. The Balaban J connectivity index is 1.68. The van der Waals surface area contributed by atoms with Gasteiger partial charge < -0.3 is 14.7 Å². The number of carbonyl (C=O) groups excluding carboxylic acids is 1. The average molecular weight is 636 g/mol. The van der Waals surface area contributed by atoms with Crippen LogP contribution < -0.4 is 9.46 Å². The van der Waals surface area contributed by atoms with Crippen LogP contribution in [-0.2, 0) is 20.0 Å². The van der Waals surface area contributed by atoms with Gasteiger partial charge in [0.25, 0.3) is 15.9 Å². The zero-order valence-electron chi connectivity index (χ0n) is 23.7. The van der Waals surface area contributed by atoms with Gasteiger partial charge in [0, 0.05) is 30.2 Å². The van der Waals surface area contributed by atoms with Gasteiger partial charge in [-0.25, -0.2) is 16.8 Å². The van der Waals surface area contributed by atoms with Crippen LogP contribution in [0.15, 0.2) is 76.5 Å². The van der Waals surface area contributed by atoms with E-state index in [0.29, 0.717) is 5.02 Å². The Morgan fingerprint density at radius 2 is 1.67 bits per heavy atom. The van der Waals surface area contributed by atoms with Gasteiger partial charge in [-0.2, -0.15) is 4.31 Å². The van der Waals surface area contributed by atoms with Crippen molar-refractivity contribution in [2.45, 2.75) is 42.7 Å². The molecule has 2 N–H and O–H groups in total. The summed E-state index contributed by atoms with van der Waals surface area (Å²) in [5.41, 5.74) is 1.14. The van der Waals surface area contributed by atoms with Crippen molar-refractivity contribution in [2.75, 3.05) is 31.5 Å². The van der Waals surface area contributed by atoms with E-state index in [1.165, 1.54) is 70.9 Å². The summed E-state index contributed by atoms with van der Waals surface area (Å²) in [6, 6.07) is 16.0. The minimum absolute atomic E-state index is 0.0388. The second-order valence-electron chi connectivity index (χ2n) is 10.5. The number of hydrogen-bond donors (Lipinski definition) is 2. The number of anilines is 1. The van der Waals surface area contributed by atoms with Crippen molar-refractivity contribution in [1.82, 2.24) is 9.21 Å². The standard InChI is InChI=1S/C29H34ClN3O7S2/c1-19-5-10-24(11-6-19)41(36,37)31-23-9-14-27-26(15-23)29(35)33(21(3)18-34)16-20(2)28(40-27)17-32(4)42(38,39)25-12-7-22(30)8-13-25/h5-15,20-21,28,31,34H,16-18H2,1-4H3/t20-,21+,28+/m1/s1. The number of carbonyl (C=O) groups is 1. The molecule has 0 spiro atoms. The van der Waals surface area contributed by atoms with Crippen molar-refractivity contribution in [3.8, 4) is 5.75 Å². The molecule has 42 heavy (non-hydrogen) atoms. The number of nitrogens with zero attached hydrogens (tertiary/aromatic N) is 2. The fourth-order valence-electron chi connectivity index (χ4n) is 4.57. The number of benzene rings is 3. The largest absolute Gasteiger partial charge is 0.488 e. The summed E-state index contributed by atoms with van der Waals surface area (Å²) >= 11 is 5.93. The molecule has 1 heterocycles. The number of hydrogen-bond acceptors (Lipinski definition) is 7. The number of likely N-dealkylation sites (N-methyl/N-ethyl adjacent to an activating group) is 1. The molecule has 0 radical (unpaired) electrons. The van der Waals surface area contributed by atoms with Crippen LogP contribution in [-0.4, -0.2) is 75.9 Å². The molecular weight excluding hydrogens is 602 g/mol. The van der Waals surface area contributed by atoms with Gasteiger partial charge >= 0.3 is 0 Å². The third kappa shape index (κ3) is 6.90. The molecule has 10 nitrogen and oxygen atoms in total. The van der Waals surface area contributed by atoms with Crippen LogP contribution in [0.1, 0.15) is 29.8 Å². The number of aliphatic hydroxyl groups is 1. The van der Waals surface area contributed by atoms with E-state index < -0.39 is 38.1 Å². The molecule has 3 atom stereocenters. The third-order valence-electron chi connectivity index (χ3n) is 7.21. The van der Waals surface area contributed by atoms with Gasteiger partial charge in [-0.1, -0.05) is 36.2 Å². The number of nitrogens with one attached hydrogen (secondary N) is 1. The van der Waals surface area contributed by atoms with Crippen molar-refractivity contribution in [2.24, 2.45) is 5.92 Å². The van der Waals surface area contributed by atoms with Gasteiger partial charge in [-0.05, 0) is 68.4 Å². The maximum Gasteiger partial charge on any atom is 0.261 e. The highest BCUT2D eigenvalue weighted by molar-refractivity contribution is 7.92. The summed E-state index contributed by atoms with van der Waals surface area (Å²) in [6.45, 7) is 5.21. The third-order valence-corrected chi connectivity index (χ3v) is 10.7. The highest BCUT2D eigenvalue weighted by Gasteiger charge is 2.35. The van der Waals surface area contributed by atoms with Crippen LogP contribution in [0.3, 0.4) is 0 Å². The molecule has 4 rings (SSSR count). The smallest absolute Gasteiger partial charge is 0.261 e. The summed E-state index contributed by atoms with van der Waals surface area (Å²) in [5.74, 6) is -0.615. The van der Waals surface area contributed by atoms with Gasteiger partial charge in [0.1, 0.15) is 11.9 Å². The van der Waals surface area contributed by atoms with Gasteiger partial charge in [0.05, 0.1) is 34.5 Å². The van der Waals surface area contributed by atoms with Crippen LogP contribution in [0.4, 0.5) is 5.69 Å². The number of aryl methyl sites for hydroxylation is 1. The van der Waals surface area contributed by atoms with Crippen molar-refractivity contribution < 1.29 is 31.5 Å². The molecule has 13 heteroatoms. The summed E-state index contributed by atoms with van der Waals surface area (Å²) < 4.78 is 62.5. The Morgan fingerprint density at radius 3 is 2.29 bits per heavy atom. The van der Waals surface area contributed by atoms with E-state index >= 15 is 0 Å². The molecule has 0 fully saturated rings. The Morgan fingerprint density at radius 1 is 1.05 bits per heavy atom. The number of ether oxygens (including phenoxy) is 1. The lowest BCUT2D eigenvalue weighted by Gasteiger charge is -2.38. The number of rotatable bonds is 9. The highest BCUT2D eigenvalue weighted by atomic mass is 35.5. The molecule has 0 unspecified atom stereocenters. The first-order valence-corrected chi connectivity index (χ1v) is 16.6. The highest BCUT2D eigenvalue weighted by Crippen LogP contribution is 2.32. The maximum absolute atomic E-state index is 13.7. The van der Waals surface area contributed by atoms with Gasteiger partial charge in [-0.3, -0.25) is 9.52 Å². The minimum Gasteiger partial charge on any atom is -0.488 e. The SMILES string of the molecule is Cc1ccc(S(=O)(=O)Nc2ccc3c(c2)C(=O)N([C@@H](C)CO)C[C@@H](C)[C@H](CN(C)S(=O)(=O)c2ccc(Cl)cc2)O3)cc1. The number of fused-ring (bicyclic) bond motifs is 1. The molecule has 3 aromatic carbocycles. The van der Waals surface area contributed by atoms with Crippen molar-refractivity contribution in [3.05, 3.63) is 82.9 Å². The Hall–Kier alpha value is -3.16. The Bertz CT molecular complexity index is 1650. The van der Waals surface area contributed by atoms with Crippen molar-refractivity contribution >= 4 is 43.2 Å². The molecule has 1 amide bonds. The van der Waals surface area contributed by atoms with E-state index in [2.05, 4.69) is 4.72 Å². The van der Waals surface area contributed by atoms with E-state index in [9.17, 15) is 26.7 Å². The molecule has 0 aromatic heterocycles. The van der Waals surface area contributed by atoms with Gasteiger partial charge in [0.15, 0.2) is 0 Å². The number of sulfonamides is 2. The van der Waals surface area contributed by atoms with Crippen molar-refractivity contribution in [3.63, 3.8) is 0 Å². The molecule has 0 saturated heterocycles. The fraction of sp³-hybridized carbons (Fsp3) is 0.345. The predicted octanol–water partition coefficient (Wildman–Crippen LogP) is 3.99. The normalized spacial score (nSPS) is 18.5. The molecular formula is C29H34ClN3O7S2. The van der Waals surface area contributed by atoms with E-state index in [1.54, 1.807) is 19.1 Å². The second kappa shape index (κ2) is 12.6. The van der Waals surface area contributed by atoms with E-state index in [0.717, 1.165) is 5.56 Å². The van der Waals surface area contributed by atoms with E-state index in [-0.39, 0.29) is 52.4 Å². The first-order chi connectivity index (χ1) is 19.7. The van der Waals surface area contributed by atoms with Crippen LogP contribution in [0.25, 0.3) is 0 Å². The summed E-state index contributed by atoms with van der Waals surface area (Å²) in [4.78, 5) is 15.3. The monoisotopic (exact) mass is 635 g/mol. The van der Waals surface area contributed by atoms with Gasteiger partial charge in [-0.15, -0.1) is 0 Å². The lowest BCUT2D eigenvalue weighted by molar-refractivity contribution is 0.0387. The summed E-state index contributed by atoms with van der Waals surface area (Å²) in [6.07, 6.45) is -0.688. The van der Waals surface area contributed by atoms with Crippen LogP contribution >= 0.6 is 11.6 Å². The topological polar surface area (TPSA) is 133 Å². The fourth-order valence-corrected chi connectivity index (χ4v) is 6.93. The lowest BCUT2D eigenvalue weighted by Crippen LogP contribution is -2.50. The number of halogens is 1. The summed E-state index contributed by atoms with van der Waals surface area (Å²) in [7, 11) is -6.38. The van der Waals surface area contributed by atoms with Crippen LogP contribution in [0.2, 0.25) is 5.02 Å². The molecule has 1 aliphatic heterocycles. The molecule has 3 aromatic rings. The zero-order chi connectivity index (χ0) is 30.8. The van der Waals surface area contributed by atoms with Gasteiger partial charge in [0.2, 0.25) is 10.0 Å². The summed E-state index contributed by atoms with van der Waals surface area (Å²) in [5, 5.41) is 10.3. The maximum atomic E-state index is 13.7. The van der Waals surface area contributed by atoms with E-state index in [1.807, 2.05) is 13.8 Å². The number of aliphatic hydroxyl groups excluding tert-OH is 1. The minimum atomic E-state index is -3.94. The predicted molar refractivity (Wildman–Crippen MR) is 161 cm³/mol. The molecule has 0 saturated carbocycles. The Kier molecular flexibility index (Phi) is 9.53. The van der Waals surface area contributed by atoms with Crippen molar-refractivity contribution in [1.29, 1.82) is 0 Å². The van der Waals surface area contributed by atoms with Crippen LogP contribution in [0, 0.1) is 12.8 Å². The Labute approximate surface area is 252 Å². The first-order valence-electron chi connectivity index (χ1n) is 13.3. The first kappa shape index (κ1) is 31.8. The zero-order valence-corrected chi connectivity index (χ0v) is 26.1. The van der Waals surface area contributed by atoms with E-state index in [4.69, 9.17) is 16.3 Å². The molecule has 226 valence electrons.